The predicted molar refractivity (Wildman–Crippen MR) is 502 cm³/mol. The molecule has 14 heteroatoms. The first-order valence-electron chi connectivity index (χ1n) is 41.4. The highest BCUT2D eigenvalue weighted by Gasteiger charge is 2.30. The Bertz CT molecular complexity index is 7890. The average Bonchev–Trinajstić information content (AvgIpc) is 1.61. The average molecular weight is 1610 g/mol. The molecule has 0 radical (unpaired) electrons. The highest BCUT2D eigenvalue weighted by Crippen LogP contribution is 2.47. The van der Waals surface area contributed by atoms with Crippen LogP contribution in [0, 0.1) is 41.5 Å². The van der Waals surface area contributed by atoms with Gasteiger partial charge in [-0.15, -0.1) is 0 Å². The number of hydrogen-bond donors (Lipinski definition) is 0. The van der Waals surface area contributed by atoms with Gasteiger partial charge in [-0.1, -0.05) is 224 Å². The number of hydrogen-bond acceptors (Lipinski definition) is 9. The van der Waals surface area contributed by atoms with Gasteiger partial charge >= 0.3 is 5.89 Å². The summed E-state index contributed by atoms with van der Waals surface area (Å²) in [5.41, 5.74) is 22.4. The van der Waals surface area contributed by atoms with Gasteiger partial charge in [0, 0.05) is 85.2 Å². The normalized spacial score (nSPS) is 12.9. The number of imidazole rings is 1. The second-order valence-corrected chi connectivity index (χ2v) is 33.3. The van der Waals surface area contributed by atoms with E-state index in [1.807, 2.05) is 17.8 Å². The van der Waals surface area contributed by atoms with E-state index in [1.54, 1.807) is 17.6 Å². The smallest absolute Gasteiger partial charge is 0.384 e. The molecule has 15 aromatic carbocycles. The van der Waals surface area contributed by atoms with Crippen LogP contribution in [-0.4, -0.2) is 27.2 Å². The summed E-state index contributed by atoms with van der Waals surface area (Å²) < 4.78 is 48.1. The Kier molecular flexibility index (Phi) is 18.2. The van der Waals surface area contributed by atoms with E-state index in [9.17, 15) is 0 Å². The molecule has 10 heterocycles. The molecule has 9 aromatic heterocycles. The molecule has 0 N–H and O–H groups in total. The Morgan fingerprint density at radius 2 is 0.713 bits per heavy atom. The lowest BCUT2D eigenvalue weighted by molar-refractivity contribution is -0.662. The summed E-state index contributed by atoms with van der Waals surface area (Å²) in [4.78, 5) is 4.50. The molecule has 1 atom stereocenters. The zero-order valence-corrected chi connectivity index (χ0v) is 70.8. The van der Waals surface area contributed by atoms with Crippen molar-refractivity contribution in [3.05, 3.63) is 343 Å². The van der Waals surface area contributed by atoms with Crippen molar-refractivity contribution in [3.63, 3.8) is 0 Å². The summed E-state index contributed by atoms with van der Waals surface area (Å²) >= 11 is 1.75. The van der Waals surface area contributed by atoms with Gasteiger partial charge in [0.25, 0.3) is 10.8 Å². The molecule has 0 bridgehead atoms. The van der Waals surface area contributed by atoms with E-state index in [2.05, 4.69) is 402 Å². The molecular formula is C108H88N7O6S+3. The molecule has 0 spiro atoms. The summed E-state index contributed by atoms with van der Waals surface area (Å²) in [7, 11) is 10.3. The van der Waals surface area contributed by atoms with Crippen LogP contribution in [0.3, 0.4) is 0 Å². The molecule has 0 aliphatic carbocycles. The molecule has 0 saturated carbocycles. The van der Waals surface area contributed by atoms with Gasteiger partial charge in [0.05, 0.1) is 30.9 Å². The Morgan fingerprint density at radius 1 is 0.328 bits per heavy atom. The minimum Gasteiger partial charge on any atom is -0.455 e. The van der Waals surface area contributed by atoms with Gasteiger partial charge in [-0.25, -0.2) is 9.13 Å². The summed E-state index contributed by atoms with van der Waals surface area (Å²) in [6, 6.07) is 89.5. The molecule has 122 heavy (non-hydrogen) atoms. The number of oxazole rings is 1. The molecule has 13 nitrogen and oxygen atoms in total. The Morgan fingerprint density at radius 3 is 1.10 bits per heavy atom. The molecule has 24 aromatic rings. The number of aryl methyl sites for hydroxylation is 10. The fraction of sp³-hybridized carbons (Fsp3) is 0.120. The standard InChI is InChI=1S/C22H19N2O.C22H20N2O.C22H17NO.C21H16NO2.C21H16NOS/c1-14-8-10-17-20-16-7-5-4-6-15(16)9-11-18(20)25-21(17)19(14)22-23(2)12-13-24(22)3;1-14-8-10-18-20-17-7-5-4-6-16(17)9-11-19(20)25-22(18)21(14)24-13-12-23(3)15(24)2;1-14-9-11-18-20-17-8-4-3-7-16(17)10-12-19(20)24-22(18)21(14)23-13-5-6-15(23)2;1-13-7-9-16-19-15-6-4-3-5-14(15)8-10-17(19)24-20(16)18(13)21-22(2)11-12-23-21;1-13-7-9-16-19-15-6-4-3-5-14(15)8-10-17(19)23-20(16)18(13)21-22(2)11-12-24-21/h4-13H,1-3H3;4-13,15H,1-3H3;3-13H,1-2H3;2*3-12H,1-2H3/q+1;;;2*+1/t;15-;;;/m.0.../s1. The molecule has 0 saturated heterocycles. The minimum absolute atomic E-state index is 0.272. The Labute approximate surface area is 707 Å². The van der Waals surface area contributed by atoms with Crippen LogP contribution in [0.2, 0.25) is 0 Å². The minimum atomic E-state index is 0.272. The lowest BCUT2D eigenvalue weighted by Gasteiger charge is -2.28. The van der Waals surface area contributed by atoms with E-state index >= 15 is 0 Å². The summed E-state index contributed by atoms with van der Waals surface area (Å²) in [6.07, 6.45) is 16.5. The molecule has 1 aliphatic rings. The van der Waals surface area contributed by atoms with Gasteiger partial charge in [-0.05, 0) is 173 Å². The van der Waals surface area contributed by atoms with Gasteiger partial charge in [-0.2, -0.15) is 9.13 Å². The van der Waals surface area contributed by atoms with E-state index in [4.69, 9.17) is 26.5 Å². The van der Waals surface area contributed by atoms with Crippen LogP contribution in [-0.2, 0) is 28.2 Å². The quantitative estimate of drug-likeness (QED) is 0.157. The predicted octanol–water partition coefficient (Wildman–Crippen LogP) is 27.4. The Balaban J connectivity index is 0.0000000939. The number of anilines is 1. The SMILES string of the molecule is Cc1ccc2c(oc3ccc4ccccc4c32)c1-c1n(C)cc[n+]1C.Cc1ccc2c(oc3ccc4ccccc4c32)c1-c1occ[n+]1C.Cc1ccc2c(oc3ccc4ccccc4c32)c1-c1scc[n+]1C.Cc1ccc2c(oc3ccc4ccccc4c32)c1-n1cccc1C.Cc1ccc2c(oc3ccc4ccccc4c32)c1N1C=CN(C)[C@@H]1C. The van der Waals surface area contributed by atoms with E-state index in [0.29, 0.717) is 0 Å². The largest absolute Gasteiger partial charge is 0.455 e. The Hall–Kier alpha value is -14.7. The van der Waals surface area contributed by atoms with Crippen molar-refractivity contribution in [2.24, 2.45) is 28.2 Å². The van der Waals surface area contributed by atoms with Gasteiger partial charge in [0.1, 0.15) is 77.3 Å². The maximum atomic E-state index is 6.38. The van der Waals surface area contributed by atoms with Crippen molar-refractivity contribution < 1.29 is 40.2 Å². The number of rotatable bonds is 5. The van der Waals surface area contributed by atoms with Crippen LogP contribution < -0.4 is 18.6 Å². The van der Waals surface area contributed by atoms with Crippen molar-refractivity contribution in [1.29, 1.82) is 0 Å². The zero-order valence-electron chi connectivity index (χ0n) is 70.0. The van der Waals surface area contributed by atoms with Crippen LogP contribution in [0.4, 0.5) is 5.69 Å². The van der Waals surface area contributed by atoms with Crippen molar-refractivity contribution in [2.45, 2.75) is 54.6 Å². The second kappa shape index (κ2) is 29.7. The fourth-order valence-electron chi connectivity index (χ4n) is 18.6. The summed E-state index contributed by atoms with van der Waals surface area (Å²) in [5, 5.41) is 27.6. The first-order valence-corrected chi connectivity index (χ1v) is 42.3. The van der Waals surface area contributed by atoms with Crippen LogP contribution in [0.5, 0.6) is 0 Å². The number of thiazole rings is 1. The van der Waals surface area contributed by atoms with Crippen LogP contribution >= 0.6 is 11.3 Å². The van der Waals surface area contributed by atoms with E-state index in [0.717, 1.165) is 101 Å². The van der Waals surface area contributed by atoms with Gasteiger partial charge in [0.15, 0.2) is 40.4 Å². The maximum absolute atomic E-state index is 6.38. The van der Waals surface area contributed by atoms with E-state index in [-0.39, 0.29) is 6.17 Å². The van der Waals surface area contributed by atoms with Crippen molar-refractivity contribution in [3.8, 4) is 39.1 Å². The van der Waals surface area contributed by atoms with E-state index < -0.39 is 0 Å². The van der Waals surface area contributed by atoms with Crippen LogP contribution in [0.25, 0.3) is 203 Å². The highest BCUT2D eigenvalue weighted by molar-refractivity contribution is 7.12. The zero-order chi connectivity index (χ0) is 83.0. The third-order valence-electron chi connectivity index (χ3n) is 24.9. The fourth-order valence-corrected chi connectivity index (χ4v) is 19.6. The van der Waals surface area contributed by atoms with Crippen LogP contribution in [0.1, 0.15) is 40.4 Å². The number of benzene rings is 15. The number of aromatic nitrogens is 5. The maximum Gasteiger partial charge on any atom is 0.384 e. The van der Waals surface area contributed by atoms with Gasteiger partial charge in [0.2, 0.25) is 6.20 Å². The monoisotopic (exact) mass is 1610 g/mol. The summed E-state index contributed by atoms with van der Waals surface area (Å²) in [6.45, 7) is 15.0. The van der Waals surface area contributed by atoms with E-state index in [1.165, 1.54) is 141 Å². The molecule has 1 aliphatic heterocycles. The third-order valence-corrected chi connectivity index (χ3v) is 25.9. The highest BCUT2D eigenvalue weighted by atomic mass is 32.1. The molecule has 0 amide bonds. The van der Waals surface area contributed by atoms with Crippen molar-refractivity contribution in [1.82, 2.24) is 14.0 Å². The molecule has 0 unspecified atom stereocenters. The first-order chi connectivity index (χ1) is 59.5. The number of fused-ring (bicyclic) bond motifs is 25. The molecule has 0 fully saturated rings. The summed E-state index contributed by atoms with van der Waals surface area (Å²) in [5.74, 6) is 1.95. The van der Waals surface area contributed by atoms with Gasteiger partial charge in [-0.3, -0.25) is 0 Å². The third kappa shape index (κ3) is 12.2. The molecular weight excluding hydrogens is 1520 g/mol. The molecule has 594 valence electrons. The topological polar surface area (TPSA) is 107 Å². The lowest BCUT2D eigenvalue weighted by Crippen LogP contribution is -2.33. The first kappa shape index (κ1) is 74.8. The van der Waals surface area contributed by atoms with Crippen LogP contribution in [0.15, 0.2) is 336 Å². The lowest BCUT2D eigenvalue weighted by atomic mass is 10.00. The molecule has 25 rings (SSSR count). The van der Waals surface area contributed by atoms with Crippen molar-refractivity contribution >= 4 is 181 Å². The number of furan rings is 5. The van der Waals surface area contributed by atoms with Gasteiger partial charge < -0.3 is 40.9 Å². The second-order valence-electron chi connectivity index (χ2n) is 32.4. The number of nitrogens with zero attached hydrogens (tertiary/aromatic N) is 7. The van der Waals surface area contributed by atoms with Crippen molar-refractivity contribution in [2.75, 3.05) is 11.9 Å².